The molecule has 0 bridgehead atoms. The van der Waals surface area contributed by atoms with E-state index in [0.717, 1.165) is 19.2 Å². The minimum absolute atomic E-state index is 0.329. The molecule has 0 atom stereocenters. The van der Waals surface area contributed by atoms with Crippen LogP contribution in [0, 0.1) is 0 Å². The quantitative estimate of drug-likeness (QED) is 0.402. The summed E-state index contributed by atoms with van der Waals surface area (Å²) in [6.07, 6.45) is 1.07. The van der Waals surface area contributed by atoms with E-state index in [1.807, 2.05) is 0 Å². The summed E-state index contributed by atoms with van der Waals surface area (Å²) in [5.74, 6) is -0.447. The normalized spacial score (nSPS) is 14.2. The number of nitrogens with one attached hydrogen (secondary N) is 1. The van der Waals surface area contributed by atoms with Gasteiger partial charge in [0.25, 0.3) is 5.91 Å². The standard InChI is InChI=1S/C6H8N2O2/c1-2-5(9)7-6(10)8-3-4-8/h2H,1,3-4H2,(H,7,9,10). The van der Waals surface area contributed by atoms with Crippen molar-refractivity contribution in [2.45, 2.75) is 0 Å². The summed E-state index contributed by atoms with van der Waals surface area (Å²) in [6, 6.07) is -0.329. The molecule has 10 heavy (non-hydrogen) atoms. The molecule has 1 aliphatic heterocycles. The molecule has 0 radical (unpaired) electrons. The summed E-state index contributed by atoms with van der Waals surface area (Å²) in [6.45, 7) is 4.70. The Morgan fingerprint density at radius 3 is 2.50 bits per heavy atom. The number of urea groups is 1. The number of hydrogen-bond acceptors (Lipinski definition) is 2. The highest BCUT2D eigenvalue weighted by Crippen LogP contribution is 2.01. The number of imide groups is 1. The van der Waals surface area contributed by atoms with Crippen LogP contribution in [-0.4, -0.2) is 29.9 Å². The van der Waals surface area contributed by atoms with E-state index in [2.05, 4.69) is 11.9 Å². The molecule has 1 N–H and O–H groups in total. The number of hydrogen-bond donors (Lipinski definition) is 1. The van der Waals surface area contributed by atoms with Gasteiger partial charge in [0, 0.05) is 13.1 Å². The first-order valence-electron chi connectivity index (χ1n) is 2.96. The summed E-state index contributed by atoms with van der Waals surface area (Å²) >= 11 is 0. The number of nitrogens with zero attached hydrogens (tertiary/aromatic N) is 1. The number of amides is 3. The molecule has 0 aromatic rings. The minimum Gasteiger partial charge on any atom is -0.321 e. The highest BCUT2D eigenvalue weighted by atomic mass is 16.2. The van der Waals surface area contributed by atoms with Crippen LogP contribution in [0.1, 0.15) is 0 Å². The van der Waals surface area contributed by atoms with E-state index in [0.29, 0.717) is 0 Å². The van der Waals surface area contributed by atoms with Crippen molar-refractivity contribution in [3.05, 3.63) is 12.7 Å². The third-order valence-electron chi connectivity index (χ3n) is 1.15. The molecule has 4 heteroatoms. The van der Waals surface area contributed by atoms with E-state index in [1.54, 1.807) is 0 Å². The molecular weight excluding hydrogens is 132 g/mol. The van der Waals surface area contributed by atoms with E-state index >= 15 is 0 Å². The summed E-state index contributed by atoms with van der Waals surface area (Å²) < 4.78 is 0. The van der Waals surface area contributed by atoms with E-state index in [1.165, 1.54) is 4.90 Å². The van der Waals surface area contributed by atoms with Gasteiger partial charge >= 0.3 is 6.03 Å². The molecule has 1 rings (SSSR count). The second-order valence-corrected chi connectivity index (χ2v) is 1.99. The number of rotatable bonds is 1. The van der Waals surface area contributed by atoms with Crippen molar-refractivity contribution in [2.75, 3.05) is 13.1 Å². The van der Waals surface area contributed by atoms with Gasteiger partial charge in [-0.05, 0) is 6.08 Å². The zero-order chi connectivity index (χ0) is 7.56. The first-order chi connectivity index (χ1) is 4.74. The maximum absolute atomic E-state index is 10.7. The average molecular weight is 140 g/mol. The first kappa shape index (κ1) is 6.80. The predicted molar refractivity (Wildman–Crippen MR) is 35.3 cm³/mol. The molecule has 1 saturated heterocycles. The van der Waals surface area contributed by atoms with Gasteiger partial charge in [-0.25, -0.2) is 4.79 Å². The zero-order valence-electron chi connectivity index (χ0n) is 5.46. The fourth-order valence-corrected chi connectivity index (χ4v) is 0.489. The van der Waals surface area contributed by atoms with Gasteiger partial charge in [-0.2, -0.15) is 0 Å². The molecule has 1 aliphatic rings. The monoisotopic (exact) mass is 140 g/mol. The smallest absolute Gasteiger partial charge is 0.321 e. The Hall–Kier alpha value is -1.32. The lowest BCUT2D eigenvalue weighted by molar-refractivity contribution is -0.115. The van der Waals surface area contributed by atoms with Gasteiger partial charge in [0.05, 0.1) is 0 Å². The van der Waals surface area contributed by atoms with Crippen LogP contribution in [0.5, 0.6) is 0 Å². The molecule has 54 valence electrons. The van der Waals surface area contributed by atoms with E-state index < -0.39 is 5.91 Å². The van der Waals surface area contributed by atoms with Crippen LogP contribution < -0.4 is 5.32 Å². The Labute approximate surface area is 58.5 Å². The highest BCUT2D eigenvalue weighted by Gasteiger charge is 2.24. The predicted octanol–water partition coefficient (Wildman–Crippen LogP) is -0.276. The van der Waals surface area contributed by atoms with Crippen LogP contribution in [0.4, 0.5) is 4.79 Å². The first-order valence-corrected chi connectivity index (χ1v) is 2.96. The van der Waals surface area contributed by atoms with Gasteiger partial charge in [0.15, 0.2) is 0 Å². The lowest BCUT2D eigenvalue weighted by Crippen LogP contribution is -2.32. The van der Waals surface area contributed by atoms with Crippen molar-refractivity contribution in [2.24, 2.45) is 0 Å². The Balaban J connectivity index is 2.29. The zero-order valence-corrected chi connectivity index (χ0v) is 5.46. The maximum atomic E-state index is 10.7. The lowest BCUT2D eigenvalue weighted by Gasteiger charge is -1.98. The summed E-state index contributed by atoms with van der Waals surface area (Å²) in [5, 5.41) is 2.12. The van der Waals surface area contributed by atoms with Crippen LogP contribution in [0.15, 0.2) is 12.7 Å². The van der Waals surface area contributed by atoms with Gasteiger partial charge in [0.2, 0.25) is 0 Å². The summed E-state index contributed by atoms with van der Waals surface area (Å²) in [5.41, 5.74) is 0. The molecule has 0 aromatic heterocycles. The second-order valence-electron chi connectivity index (χ2n) is 1.99. The number of carbonyl (C=O) groups excluding carboxylic acids is 2. The van der Waals surface area contributed by atoms with Gasteiger partial charge < -0.3 is 4.90 Å². The molecule has 4 nitrogen and oxygen atoms in total. The molecule has 0 unspecified atom stereocenters. The molecule has 0 spiro atoms. The van der Waals surface area contributed by atoms with Crippen molar-refractivity contribution in [3.63, 3.8) is 0 Å². The number of carbonyl (C=O) groups is 2. The minimum atomic E-state index is -0.447. The van der Waals surface area contributed by atoms with Crippen LogP contribution in [0.2, 0.25) is 0 Å². The molecule has 0 aromatic carbocycles. The summed E-state index contributed by atoms with van der Waals surface area (Å²) in [7, 11) is 0. The van der Waals surface area contributed by atoms with Crippen LogP contribution in [0.3, 0.4) is 0 Å². The molecule has 3 amide bonds. The van der Waals surface area contributed by atoms with Crippen molar-refractivity contribution >= 4 is 11.9 Å². The van der Waals surface area contributed by atoms with Gasteiger partial charge in [-0.15, -0.1) is 0 Å². The topological polar surface area (TPSA) is 49.2 Å². The molecular formula is C6H8N2O2. The molecule has 0 saturated carbocycles. The summed E-state index contributed by atoms with van der Waals surface area (Å²) in [4.78, 5) is 22.7. The van der Waals surface area contributed by atoms with Gasteiger partial charge in [-0.3, -0.25) is 10.1 Å². The van der Waals surface area contributed by atoms with Crippen LogP contribution in [-0.2, 0) is 4.79 Å². The molecule has 0 aliphatic carbocycles. The van der Waals surface area contributed by atoms with Crippen molar-refractivity contribution in [3.8, 4) is 0 Å². The fraction of sp³-hybridized carbons (Fsp3) is 0.333. The Morgan fingerprint density at radius 1 is 1.50 bits per heavy atom. The SMILES string of the molecule is C=CC(=O)NC(=O)N1CC1. The van der Waals surface area contributed by atoms with Gasteiger partial charge in [-0.1, -0.05) is 6.58 Å². The third kappa shape index (κ3) is 1.58. The lowest BCUT2D eigenvalue weighted by atomic mass is 10.6. The van der Waals surface area contributed by atoms with E-state index in [9.17, 15) is 9.59 Å². The van der Waals surface area contributed by atoms with Crippen LogP contribution in [0.25, 0.3) is 0 Å². The van der Waals surface area contributed by atoms with E-state index in [-0.39, 0.29) is 6.03 Å². The second kappa shape index (κ2) is 2.51. The van der Waals surface area contributed by atoms with Crippen LogP contribution >= 0.6 is 0 Å². The Morgan fingerprint density at radius 2 is 2.10 bits per heavy atom. The van der Waals surface area contributed by atoms with Crippen molar-refractivity contribution in [1.82, 2.24) is 10.2 Å². The molecule has 1 heterocycles. The third-order valence-corrected chi connectivity index (χ3v) is 1.15. The van der Waals surface area contributed by atoms with Crippen molar-refractivity contribution in [1.29, 1.82) is 0 Å². The average Bonchev–Trinajstić information content (AvgIpc) is 2.68. The highest BCUT2D eigenvalue weighted by molar-refractivity contribution is 6.00. The largest absolute Gasteiger partial charge is 0.324 e. The Kier molecular flexibility index (Phi) is 1.71. The van der Waals surface area contributed by atoms with Crippen molar-refractivity contribution < 1.29 is 9.59 Å². The van der Waals surface area contributed by atoms with E-state index in [4.69, 9.17) is 0 Å². The maximum Gasteiger partial charge on any atom is 0.324 e. The molecule has 1 fully saturated rings. The Bertz CT molecular complexity index is 184. The van der Waals surface area contributed by atoms with Gasteiger partial charge in [0.1, 0.15) is 0 Å². The fourth-order valence-electron chi connectivity index (χ4n) is 0.489.